The first-order chi connectivity index (χ1) is 15.8. The number of piperazine rings is 1. The third-order valence-electron chi connectivity index (χ3n) is 8.60. The molecule has 5 fully saturated rings. The van der Waals surface area contributed by atoms with Gasteiger partial charge in [-0.15, -0.1) is 0 Å². The number of ketones is 1. The van der Waals surface area contributed by atoms with Crippen LogP contribution < -0.4 is 4.90 Å². The standard InChI is InChI=1S/C26H34FN3O3/c1-17-15-26(2)16-20(31)21(17)22-23(26)25(33)30(24(22)32)10-4-3-9-28-11-13-29(14-12-28)19-7-5-18(27)6-8-19/h5-8,17,21-23H,3-4,9-16H2,1-2H3/t17?,21-,22?,23?,26+/m0/s1. The third kappa shape index (κ3) is 3.88. The summed E-state index contributed by atoms with van der Waals surface area (Å²) < 4.78 is 13.1. The SMILES string of the molecule is CC1C[C@]2(C)CC(=O)[C@H]1C1C(=O)N(CCCCN3CCN(c4ccc(F)cc4)CC3)C(=O)C12. The molecule has 33 heavy (non-hydrogen) atoms. The second-order valence-electron chi connectivity index (χ2n) is 10.8. The maximum atomic E-state index is 13.2. The van der Waals surface area contributed by atoms with Gasteiger partial charge in [0.25, 0.3) is 0 Å². The molecule has 0 radical (unpaired) electrons. The number of carbonyl (C=O) groups excluding carboxylic acids is 3. The van der Waals surface area contributed by atoms with Crippen molar-refractivity contribution >= 4 is 23.3 Å². The number of benzene rings is 1. The number of carbonyl (C=O) groups is 3. The van der Waals surface area contributed by atoms with Crippen molar-refractivity contribution in [3.63, 3.8) is 0 Å². The Labute approximate surface area is 195 Å². The number of rotatable bonds is 6. The summed E-state index contributed by atoms with van der Waals surface area (Å²) in [7, 11) is 0. The number of fused-ring (bicyclic) bond motifs is 2. The Morgan fingerprint density at radius 2 is 1.61 bits per heavy atom. The van der Waals surface area contributed by atoms with Gasteiger partial charge in [-0.3, -0.25) is 24.2 Å². The molecule has 3 saturated carbocycles. The first-order valence-electron chi connectivity index (χ1n) is 12.4. The largest absolute Gasteiger partial charge is 0.369 e. The molecule has 1 aromatic carbocycles. The minimum Gasteiger partial charge on any atom is -0.369 e. The van der Waals surface area contributed by atoms with Crippen molar-refractivity contribution in [1.82, 2.24) is 9.80 Å². The second kappa shape index (κ2) is 8.49. The van der Waals surface area contributed by atoms with Crippen molar-refractivity contribution in [2.75, 3.05) is 44.2 Å². The lowest BCUT2D eigenvalue weighted by Crippen LogP contribution is -2.56. The molecule has 7 heteroatoms. The summed E-state index contributed by atoms with van der Waals surface area (Å²) in [6.45, 7) is 9.21. The zero-order chi connectivity index (χ0) is 23.3. The van der Waals surface area contributed by atoms with E-state index in [-0.39, 0.29) is 46.6 Å². The van der Waals surface area contributed by atoms with E-state index in [1.54, 1.807) is 0 Å². The van der Waals surface area contributed by atoms with Crippen molar-refractivity contribution < 1.29 is 18.8 Å². The number of amides is 2. The fourth-order valence-corrected chi connectivity index (χ4v) is 7.11. The molecule has 3 unspecified atom stereocenters. The molecule has 1 aromatic rings. The van der Waals surface area contributed by atoms with Gasteiger partial charge in [0.2, 0.25) is 11.8 Å². The monoisotopic (exact) mass is 455 g/mol. The highest BCUT2D eigenvalue weighted by Crippen LogP contribution is 2.60. The number of likely N-dealkylation sites (tertiary alicyclic amines) is 1. The summed E-state index contributed by atoms with van der Waals surface area (Å²) in [4.78, 5) is 45.2. The number of imide groups is 1. The molecule has 2 heterocycles. The molecule has 2 aliphatic heterocycles. The fourth-order valence-electron chi connectivity index (χ4n) is 7.11. The van der Waals surface area contributed by atoms with E-state index in [4.69, 9.17) is 0 Å². The van der Waals surface area contributed by atoms with Gasteiger partial charge in [-0.05, 0) is 61.4 Å². The summed E-state index contributed by atoms with van der Waals surface area (Å²) in [6.07, 6.45) is 3.03. The highest BCUT2D eigenvalue weighted by atomic mass is 19.1. The Balaban J connectivity index is 1.11. The topological polar surface area (TPSA) is 60.9 Å². The average molecular weight is 456 g/mol. The van der Waals surface area contributed by atoms with Crippen LogP contribution in [0.4, 0.5) is 10.1 Å². The number of unbranched alkanes of at least 4 members (excludes halogenated alkanes) is 1. The predicted molar refractivity (Wildman–Crippen MR) is 123 cm³/mol. The summed E-state index contributed by atoms with van der Waals surface area (Å²) in [5, 5.41) is 0. The van der Waals surface area contributed by atoms with Crippen LogP contribution >= 0.6 is 0 Å². The van der Waals surface area contributed by atoms with Crippen LogP contribution in [0, 0.1) is 34.9 Å². The summed E-state index contributed by atoms with van der Waals surface area (Å²) in [5.41, 5.74) is 0.695. The van der Waals surface area contributed by atoms with E-state index in [0.29, 0.717) is 13.0 Å². The Morgan fingerprint density at radius 1 is 0.939 bits per heavy atom. The first-order valence-corrected chi connectivity index (χ1v) is 12.4. The molecule has 6 nitrogen and oxygen atoms in total. The molecule has 178 valence electrons. The van der Waals surface area contributed by atoms with Crippen LogP contribution in [-0.2, 0) is 14.4 Å². The molecule has 6 rings (SSSR count). The van der Waals surface area contributed by atoms with Gasteiger partial charge in [-0.25, -0.2) is 4.39 Å². The minimum atomic E-state index is -0.424. The molecule has 0 spiro atoms. The van der Waals surface area contributed by atoms with Gasteiger partial charge in [0, 0.05) is 50.7 Å². The zero-order valence-corrected chi connectivity index (χ0v) is 19.6. The Morgan fingerprint density at radius 3 is 2.27 bits per heavy atom. The van der Waals surface area contributed by atoms with E-state index in [1.165, 1.54) is 17.0 Å². The number of halogens is 1. The molecule has 0 aromatic heterocycles. The zero-order valence-electron chi connectivity index (χ0n) is 19.6. The van der Waals surface area contributed by atoms with Crippen LogP contribution in [0.1, 0.15) is 39.5 Å². The van der Waals surface area contributed by atoms with Gasteiger partial charge in [-0.2, -0.15) is 0 Å². The number of nitrogens with zero attached hydrogens (tertiary/aromatic N) is 3. The van der Waals surface area contributed by atoms with Crippen LogP contribution in [0.3, 0.4) is 0 Å². The van der Waals surface area contributed by atoms with E-state index in [0.717, 1.165) is 57.7 Å². The van der Waals surface area contributed by atoms with Gasteiger partial charge in [-0.1, -0.05) is 13.8 Å². The average Bonchev–Trinajstić information content (AvgIpc) is 3.03. The predicted octanol–water partition coefficient (Wildman–Crippen LogP) is 2.96. The molecule has 2 saturated heterocycles. The number of Topliss-reactive ketones (excluding diaryl/α,β-unsaturated/α-hetero) is 1. The van der Waals surface area contributed by atoms with Crippen LogP contribution in [0.2, 0.25) is 0 Å². The van der Waals surface area contributed by atoms with Gasteiger partial charge >= 0.3 is 0 Å². The van der Waals surface area contributed by atoms with Gasteiger partial charge in [0.15, 0.2) is 0 Å². The Kier molecular flexibility index (Phi) is 5.79. The van der Waals surface area contributed by atoms with E-state index in [1.807, 2.05) is 19.1 Å². The lowest BCUT2D eigenvalue weighted by Gasteiger charge is -2.52. The van der Waals surface area contributed by atoms with Crippen LogP contribution in [0.5, 0.6) is 0 Å². The Bertz CT molecular complexity index is 943. The summed E-state index contributed by atoms with van der Waals surface area (Å²) >= 11 is 0. The lowest BCUT2D eigenvalue weighted by atomic mass is 9.48. The molecule has 5 atom stereocenters. The summed E-state index contributed by atoms with van der Waals surface area (Å²) in [6, 6.07) is 6.66. The van der Waals surface area contributed by atoms with Crippen molar-refractivity contribution in [3.05, 3.63) is 30.1 Å². The molecule has 0 N–H and O–H groups in total. The molecular weight excluding hydrogens is 421 g/mol. The maximum Gasteiger partial charge on any atom is 0.233 e. The van der Waals surface area contributed by atoms with Crippen molar-refractivity contribution in [1.29, 1.82) is 0 Å². The number of hydrogen-bond donors (Lipinski definition) is 0. The number of hydrogen-bond acceptors (Lipinski definition) is 5. The lowest BCUT2D eigenvalue weighted by molar-refractivity contribution is -0.157. The molecular formula is C26H34FN3O3. The quantitative estimate of drug-likeness (QED) is 0.488. The minimum absolute atomic E-state index is 0.0372. The van der Waals surface area contributed by atoms with Crippen molar-refractivity contribution in [2.24, 2.45) is 29.1 Å². The second-order valence-corrected chi connectivity index (χ2v) is 10.8. The summed E-state index contributed by atoms with van der Waals surface area (Å²) in [5.74, 6) is -0.984. The molecule has 5 aliphatic rings. The van der Waals surface area contributed by atoms with Gasteiger partial charge in [0.05, 0.1) is 11.8 Å². The highest BCUT2D eigenvalue weighted by Gasteiger charge is 2.66. The smallest absolute Gasteiger partial charge is 0.233 e. The van der Waals surface area contributed by atoms with E-state index in [9.17, 15) is 18.8 Å². The van der Waals surface area contributed by atoms with E-state index in [2.05, 4.69) is 16.7 Å². The normalized spacial score (nSPS) is 34.3. The third-order valence-corrected chi connectivity index (χ3v) is 8.60. The van der Waals surface area contributed by atoms with Crippen molar-refractivity contribution in [2.45, 2.75) is 39.5 Å². The highest BCUT2D eigenvalue weighted by molar-refractivity contribution is 6.09. The van der Waals surface area contributed by atoms with E-state index >= 15 is 0 Å². The van der Waals surface area contributed by atoms with Gasteiger partial charge < -0.3 is 4.90 Å². The fraction of sp³-hybridized carbons (Fsp3) is 0.654. The molecule has 3 aliphatic carbocycles. The maximum absolute atomic E-state index is 13.2. The van der Waals surface area contributed by atoms with Crippen LogP contribution in [0.15, 0.2) is 24.3 Å². The van der Waals surface area contributed by atoms with Crippen LogP contribution in [-0.4, -0.2) is 66.7 Å². The van der Waals surface area contributed by atoms with Crippen molar-refractivity contribution in [3.8, 4) is 0 Å². The Hall–Kier alpha value is -2.28. The van der Waals surface area contributed by atoms with Crippen LogP contribution in [0.25, 0.3) is 0 Å². The van der Waals surface area contributed by atoms with E-state index < -0.39 is 5.92 Å². The molecule has 2 amide bonds. The molecule has 2 bridgehead atoms. The number of anilines is 1. The van der Waals surface area contributed by atoms with Gasteiger partial charge in [0.1, 0.15) is 11.6 Å². The first kappa shape index (κ1) is 22.5.